The zero-order valence-electron chi connectivity index (χ0n) is 14.1. The van der Waals surface area contributed by atoms with E-state index >= 15 is 0 Å². The number of fused-ring (bicyclic) bond motifs is 1. The molecule has 0 radical (unpaired) electrons. The van der Waals surface area contributed by atoms with Gasteiger partial charge in [0.25, 0.3) is 5.91 Å². The van der Waals surface area contributed by atoms with Crippen molar-refractivity contribution >= 4 is 11.6 Å². The number of hydrogen-bond donors (Lipinski definition) is 3. The average molecular weight is 335 g/mol. The van der Waals surface area contributed by atoms with Crippen molar-refractivity contribution in [2.75, 3.05) is 13.1 Å². The van der Waals surface area contributed by atoms with E-state index in [9.17, 15) is 4.79 Å². The van der Waals surface area contributed by atoms with Gasteiger partial charge in [-0.05, 0) is 24.1 Å². The van der Waals surface area contributed by atoms with Crippen LogP contribution in [0.4, 0.5) is 0 Å². The van der Waals surface area contributed by atoms with Gasteiger partial charge in [-0.3, -0.25) is 14.7 Å². The molecule has 0 saturated carbocycles. The number of nitrogens with one attached hydrogen (secondary N) is 2. The molecule has 25 heavy (non-hydrogen) atoms. The standard InChI is InChI=1S/C19H21N5O/c1-12-7-8-21-14(12)9-15-19(25)24-11-17(13-5-3-2-4-6-13)22-16(10-20)18(24)23-15/h2-8,15,21,23H,9-11,20H2,1H3. The van der Waals surface area contributed by atoms with Crippen LogP contribution in [0, 0.1) is 6.92 Å². The molecule has 1 fully saturated rings. The number of carbonyl (C=O) groups is 1. The number of amides is 1. The highest BCUT2D eigenvalue weighted by Gasteiger charge is 2.39. The molecule has 4 rings (SSSR count). The van der Waals surface area contributed by atoms with Crippen molar-refractivity contribution in [2.45, 2.75) is 19.4 Å². The number of rotatable bonds is 4. The minimum Gasteiger partial charge on any atom is -0.365 e. The Hall–Kier alpha value is -2.86. The smallest absolute Gasteiger partial charge is 0.251 e. The fourth-order valence-corrected chi connectivity index (χ4v) is 3.37. The number of hydrogen-bond acceptors (Lipinski definition) is 4. The van der Waals surface area contributed by atoms with E-state index in [1.54, 1.807) is 4.90 Å². The summed E-state index contributed by atoms with van der Waals surface area (Å²) in [5.74, 6) is 0.819. The van der Waals surface area contributed by atoms with Crippen LogP contribution in [0.2, 0.25) is 0 Å². The molecule has 3 heterocycles. The van der Waals surface area contributed by atoms with Crippen LogP contribution in [-0.2, 0) is 11.2 Å². The van der Waals surface area contributed by atoms with Crippen molar-refractivity contribution in [1.82, 2.24) is 15.2 Å². The lowest BCUT2D eigenvalue weighted by atomic mass is 10.1. The van der Waals surface area contributed by atoms with Crippen molar-refractivity contribution < 1.29 is 4.79 Å². The van der Waals surface area contributed by atoms with Gasteiger partial charge in [-0.1, -0.05) is 30.3 Å². The van der Waals surface area contributed by atoms with Crippen LogP contribution in [0.3, 0.4) is 0 Å². The summed E-state index contributed by atoms with van der Waals surface area (Å²) in [7, 11) is 0. The van der Waals surface area contributed by atoms with Gasteiger partial charge in [0, 0.05) is 24.9 Å². The van der Waals surface area contributed by atoms with Crippen molar-refractivity contribution in [1.29, 1.82) is 0 Å². The van der Waals surface area contributed by atoms with Gasteiger partial charge < -0.3 is 16.0 Å². The van der Waals surface area contributed by atoms with E-state index in [0.717, 1.165) is 34.1 Å². The largest absolute Gasteiger partial charge is 0.365 e. The summed E-state index contributed by atoms with van der Waals surface area (Å²) < 4.78 is 0. The van der Waals surface area contributed by atoms with Gasteiger partial charge in [-0.15, -0.1) is 0 Å². The minimum absolute atomic E-state index is 0.0679. The minimum atomic E-state index is -0.292. The molecule has 2 aromatic rings. The summed E-state index contributed by atoms with van der Waals surface area (Å²) in [5.41, 5.74) is 10.8. The van der Waals surface area contributed by atoms with Crippen molar-refractivity contribution in [2.24, 2.45) is 10.7 Å². The molecule has 0 aliphatic carbocycles. The lowest BCUT2D eigenvalue weighted by Gasteiger charge is -2.24. The Bertz CT molecular complexity index is 865. The Kier molecular flexibility index (Phi) is 3.89. The molecule has 2 aliphatic rings. The summed E-state index contributed by atoms with van der Waals surface area (Å²) >= 11 is 0. The Labute approximate surface area is 146 Å². The molecule has 2 aliphatic heterocycles. The number of benzene rings is 1. The first-order valence-electron chi connectivity index (χ1n) is 8.44. The normalized spacial score (nSPS) is 19.8. The van der Waals surface area contributed by atoms with Crippen LogP contribution >= 0.6 is 0 Å². The predicted octanol–water partition coefficient (Wildman–Crippen LogP) is 1.30. The van der Waals surface area contributed by atoms with Gasteiger partial charge in [0.1, 0.15) is 11.9 Å². The predicted molar refractivity (Wildman–Crippen MR) is 96.9 cm³/mol. The number of aromatic nitrogens is 1. The van der Waals surface area contributed by atoms with Gasteiger partial charge >= 0.3 is 0 Å². The fraction of sp³-hybridized carbons (Fsp3) is 0.263. The van der Waals surface area contributed by atoms with Crippen LogP contribution in [0.25, 0.3) is 0 Å². The molecule has 128 valence electrons. The Morgan fingerprint density at radius 2 is 2.08 bits per heavy atom. The third kappa shape index (κ3) is 2.74. The van der Waals surface area contributed by atoms with E-state index in [2.05, 4.69) is 10.3 Å². The van der Waals surface area contributed by atoms with Gasteiger partial charge in [0.05, 0.1) is 18.0 Å². The highest BCUT2D eigenvalue weighted by Crippen LogP contribution is 2.25. The van der Waals surface area contributed by atoms with Gasteiger partial charge in [-0.25, -0.2) is 0 Å². The summed E-state index contributed by atoms with van der Waals surface area (Å²) in [6.45, 7) is 2.80. The molecule has 1 amide bonds. The first kappa shape index (κ1) is 15.7. The summed E-state index contributed by atoms with van der Waals surface area (Å²) in [6.07, 6.45) is 2.52. The second-order valence-electron chi connectivity index (χ2n) is 6.39. The first-order chi connectivity index (χ1) is 12.2. The van der Waals surface area contributed by atoms with Crippen LogP contribution in [0.15, 0.2) is 59.1 Å². The molecule has 6 nitrogen and oxygen atoms in total. The van der Waals surface area contributed by atoms with E-state index < -0.39 is 0 Å². The molecular formula is C19H21N5O. The molecule has 1 atom stereocenters. The summed E-state index contributed by atoms with van der Waals surface area (Å²) in [4.78, 5) is 22.6. The molecule has 6 heteroatoms. The van der Waals surface area contributed by atoms with E-state index in [4.69, 9.17) is 10.7 Å². The number of aromatic amines is 1. The van der Waals surface area contributed by atoms with E-state index in [-0.39, 0.29) is 18.5 Å². The molecule has 4 N–H and O–H groups in total. The van der Waals surface area contributed by atoms with Gasteiger partial charge in [0.2, 0.25) is 0 Å². The molecular weight excluding hydrogens is 314 g/mol. The number of H-pyrrole nitrogens is 1. The number of nitrogens with two attached hydrogens (primary N) is 1. The topological polar surface area (TPSA) is 86.5 Å². The van der Waals surface area contributed by atoms with Crippen molar-refractivity contribution in [3.63, 3.8) is 0 Å². The Morgan fingerprint density at radius 3 is 2.76 bits per heavy atom. The van der Waals surface area contributed by atoms with E-state index in [1.807, 2.05) is 49.5 Å². The fourth-order valence-electron chi connectivity index (χ4n) is 3.37. The Morgan fingerprint density at radius 1 is 1.28 bits per heavy atom. The SMILES string of the molecule is Cc1cc[nH]c1CC1NC2=C(CN)N=C(c3ccccc3)CN2C1=O. The molecule has 1 saturated heterocycles. The zero-order valence-corrected chi connectivity index (χ0v) is 14.1. The van der Waals surface area contributed by atoms with E-state index in [1.165, 1.54) is 0 Å². The number of nitrogens with zero attached hydrogens (tertiary/aromatic N) is 2. The number of aliphatic imine (C=N–C) groups is 1. The van der Waals surface area contributed by atoms with Crippen LogP contribution in [0.1, 0.15) is 16.8 Å². The third-order valence-electron chi connectivity index (χ3n) is 4.77. The quantitative estimate of drug-likeness (QED) is 0.787. The maximum atomic E-state index is 12.9. The zero-order chi connectivity index (χ0) is 17.4. The van der Waals surface area contributed by atoms with Crippen LogP contribution < -0.4 is 11.1 Å². The number of aryl methyl sites for hydroxylation is 1. The molecule has 1 aromatic carbocycles. The second-order valence-corrected chi connectivity index (χ2v) is 6.39. The molecule has 1 unspecified atom stereocenters. The first-order valence-corrected chi connectivity index (χ1v) is 8.44. The molecule has 0 spiro atoms. The summed E-state index contributed by atoms with van der Waals surface area (Å²) in [5, 5.41) is 3.33. The van der Waals surface area contributed by atoms with Crippen molar-refractivity contribution in [3.8, 4) is 0 Å². The van der Waals surface area contributed by atoms with E-state index in [0.29, 0.717) is 13.0 Å². The van der Waals surface area contributed by atoms with Crippen molar-refractivity contribution in [3.05, 3.63) is 70.9 Å². The number of carbonyl (C=O) groups excluding carboxylic acids is 1. The summed E-state index contributed by atoms with van der Waals surface area (Å²) in [6, 6.07) is 11.6. The van der Waals surface area contributed by atoms with Crippen LogP contribution in [-0.4, -0.2) is 40.6 Å². The molecule has 0 bridgehead atoms. The average Bonchev–Trinajstić information content (AvgIpc) is 3.19. The molecule has 1 aromatic heterocycles. The highest BCUT2D eigenvalue weighted by atomic mass is 16.2. The van der Waals surface area contributed by atoms with Gasteiger partial charge in [0.15, 0.2) is 0 Å². The van der Waals surface area contributed by atoms with Gasteiger partial charge in [-0.2, -0.15) is 0 Å². The lowest BCUT2D eigenvalue weighted by Crippen LogP contribution is -2.37. The maximum Gasteiger partial charge on any atom is 0.251 e. The van der Waals surface area contributed by atoms with Crippen LogP contribution in [0.5, 0.6) is 0 Å². The maximum absolute atomic E-state index is 12.9. The Balaban J connectivity index is 1.62. The highest BCUT2D eigenvalue weighted by molar-refractivity contribution is 6.06. The lowest BCUT2D eigenvalue weighted by molar-refractivity contribution is -0.127. The third-order valence-corrected chi connectivity index (χ3v) is 4.77. The second kappa shape index (κ2) is 6.22. The monoisotopic (exact) mass is 335 g/mol.